The highest BCUT2D eigenvalue weighted by Gasteiger charge is 2.19. The molecule has 0 aliphatic heterocycles. The molecule has 3 aromatic rings. The van der Waals surface area contributed by atoms with Crippen molar-refractivity contribution < 1.29 is 22.8 Å². The summed E-state index contributed by atoms with van der Waals surface area (Å²) in [6.07, 6.45) is -2.74. The molecule has 0 unspecified atom stereocenters. The van der Waals surface area contributed by atoms with Crippen LogP contribution >= 0.6 is 0 Å². The summed E-state index contributed by atoms with van der Waals surface area (Å²) >= 11 is 0. The molecule has 0 aliphatic rings. The van der Waals surface area contributed by atoms with Gasteiger partial charge in [-0.25, -0.2) is 18.2 Å². The van der Waals surface area contributed by atoms with Gasteiger partial charge in [-0.1, -0.05) is 12.1 Å². The molecule has 152 valence electrons. The Balaban J connectivity index is 1.65. The standard InChI is InChI=1S/C20H19F3N4O2/c1-2-27(11-17(28)24-10-12-3-6-14(21)7-4-12)20(29)13-5-8-15-16(9-13)26-19(25-15)18(22)23/h3-9,18H,2,10-11H2,1H3,(H,24,28)(H,25,26). The number of rotatable bonds is 7. The van der Waals surface area contributed by atoms with Crippen LogP contribution in [0.3, 0.4) is 0 Å². The van der Waals surface area contributed by atoms with Crippen molar-refractivity contribution in [3.05, 3.63) is 65.2 Å². The van der Waals surface area contributed by atoms with Crippen LogP contribution < -0.4 is 5.32 Å². The monoisotopic (exact) mass is 404 g/mol. The number of carbonyl (C=O) groups is 2. The molecule has 3 rings (SSSR count). The number of aromatic nitrogens is 2. The normalized spacial score (nSPS) is 11.1. The second-order valence-electron chi connectivity index (χ2n) is 6.38. The summed E-state index contributed by atoms with van der Waals surface area (Å²) in [5.74, 6) is -1.60. The molecule has 0 radical (unpaired) electrons. The highest BCUT2D eigenvalue weighted by molar-refractivity contribution is 5.99. The Morgan fingerprint density at radius 2 is 1.90 bits per heavy atom. The molecular formula is C20H19F3N4O2. The zero-order valence-corrected chi connectivity index (χ0v) is 15.6. The zero-order chi connectivity index (χ0) is 21.0. The van der Waals surface area contributed by atoms with Gasteiger partial charge in [0.1, 0.15) is 5.82 Å². The SMILES string of the molecule is CCN(CC(=O)NCc1ccc(F)cc1)C(=O)c1ccc2nc(C(F)F)[nH]c2c1. The molecule has 9 heteroatoms. The van der Waals surface area contributed by atoms with Crippen molar-refractivity contribution in [1.82, 2.24) is 20.2 Å². The van der Waals surface area contributed by atoms with Crippen LogP contribution in [-0.2, 0) is 11.3 Å². The molecule has 1 heterocycles. The molecule has 29 heavy (non-hydrogen) atoms. The first-order valence-electron chi connectivity index (χ1n) is 8.95. The lowest BCUT2D eigenvalue weighted by Gasteiger charge is -2.20. The molecule has 0 atom stereocenters. The van der Waals surface area contributed by atoms with E-state index in [9.17, 15) is 22.8 Å². The summed E-state index contributed by atoms with van der Waals surface area (Å²) in [7, 11) is 0. The number of fused-ring (bicyclic) bond motifs is 1. The van der Waals surface area contributed by atoms with Crippen molar-refractivity contribution in [3.8, 4) is 0 Å². The number of halogens is 3. The van der Waals surface area contributed by atoms with E-state index in [4.69, 9.17) is 0 Å². The van der Waals surface area contributed by atoms with Gasteiger partial charge < -0.3 is 15.2 Å². The lowest BCUT2D eigenvalue weighted by atomic mass is 10.1. The van der Waals surface area contributed by atoms with Crippen LogP contribution in [-0.4, -0.2) is 39.8 Å². The van der Waals surface area contributed by atoms with Crippen LogP contribution in [0.5, 0.6) is 0 Å². The average molecular weight is 404 g/mol. The van der Waals surface area contributed by atoms with Crippen molar-refractivity contribution in [2.24, 2.45) is 0 Å². The van der Waals surface area contributed by atoms with Gasteiger partial charge >= 0.3 is 0 Å². The maximum absolute atomic E-state index is 12.9. The molecule has 0 fully saturated rings. The molecule has 0 bridgehead atoms. The second-order valence-corrected chi connectivity index (χ2v) is 6.38. The molecule has 6 nitrogen and oxygen atoms in total. The molecule has 2 N–H and O–H groups in total. The number of H-pyrrole nitrogens is 1. The van der Waals surface area contributed by atoms with Crippen LogP contribution in [0.4, 0.5) is 13.2 Å². The van der Waals surface area contributed by atoms with Gasteiger partial charge in [0.05, 0.1) is 17.6 Å². The van der Waals surface area contributed by atoms with Crippen molar-refractivity contribution in [3.63, 3.8) is 0 Å². The number of alkyl halides is 2. The summed E-state index contributed by atoms with van der Waals surface area (Å²) in [4.78, 5) is 32.5. The van der Waals surface area contributed by atoms with Crippen molar-refractivity contribution >= 4 is 22.8 Å². The highest BCUT2D eigenvalue weighted by atomic mass is 19.3. The minimum absolute atomic E-state index is 0.167. The van der Waals surface area contributed by atoms with Crippen LogP contribution in [0.1, 0.15) is 35.1 Å². The van der Waals surface area contributed by atoms with Crippen molar-refractivity contribution in [2.45, 2.75) is 19.9 Å². The third-order valence-corrected chi connectivity index (χ3v) is 4.36. The van der Waals surface area contributed by atoms with Gasteiger partial charge in [0.25, 0.3) is 12.3 Å². The first-order chi connectivity index (χ1) is 13.9. The maximum Gasteiger partial charge on any atom is 0.295 e. The number of amides is 2. The minimum atomic E-state index is -2.74. The fourth-order valence-corrected chi connectivity index (χ4v) is 2.81. The Bertz CT molecular complexity index is 1020. The fraction of sp³-hybridized carbons (Fsp3) is 0.250. The summed E-state index contributed by atoms with van der Waals surface area (Å²) < 4.78 is 38.5. The number of carbonyl (C=O) groups excluding carboxylic acids is 2. The molecular weight excluding hydrogens is 385 g/mol. The third-order valence-electron chi connectivity index (χ3n) is 4.36. The van der Waals surface area contributed by atoms with E-state index >= 15 is 0 Å². The number of hydrogen-bond acceptors (Lipinski definition) is 3. The average Bonchev–Trinajstić information content (AvgIpc) is 3.15. The minimum Gasteiger partial charge on any atom is -0.350 e. The molecule has 0 saturated heterocycles. The molecule has 0 saturated carbocycles. The number of aromatic amines is 1. The fourth-order valence-electron chi connectivity index (χ4n) is 2.81. The van der Waals surface area contributed by atoms with Crippen LogP contribution in [0.2, 0.25) is 0 Å². The summed E-state index contributed by atoms with van der Waals surface area (Å²) in [5, 5.41) is 2.68. The lowest BCUT2D eigenvalue weighted by molar-refractivity contribution is -0.121. The van der Waals surface area contributed by atoms with Gasteiger partial charge in [0.15, 0.2) is 5.82 Å². The van der Waals surface area contributed by atoms with E-state index in [1.54, 1.807) is 19.1 Å². The quantitative estimate of drug-likeness (QED) is 0.634. The zero-order valence-electron chi connectivity index (χ0n) is 15.6. The van der Waals surface area contributed by atoms with Crippen LogP contribution in [0.15, 0.2) is 42.5 Å². The van der Waals surface area contributed by atoms with Gasteiger partial charge in [-0.05, 0) is 42.8 Å². The molecule has 2 amide bonds. The van der Waals surface area contributed by atoms with Gasteiger partial charge in [-0.3, -0.25) is 9.59 Å². The molecule has 2 aromatic carbocycles. The number of imidazole rings is 1. The predicted octanol–water partition coefficient (Wildman–Crippen LogP) is 3.42. The Hall–Kier alpha value is -3.36. The van der Waals surface area contributed by atoms with Crippen LogP contribution in [0.25, 0.3) is 11.0 Å². The molecule has 1 aromatic heterocycles. The first kappa shape index (κ1) is 20.4. The smallest absolute Gasteiger partial charge is 0.295 e. The van der Waals surface area contributed by atoms with E-state index in [-0.39, 0.29) is 36.9 Å². The van der Waals surface area contributed by atoms with E-state index < -0.39 is 18.2 Å². The van der Waals surface area contributed by atoms with E-state index in [0.717, 1.165) is 5.56 Å². The number of nitrogens with zero attached hydrogens (tertiary/aromatic N) is 2. The van der Waals surface area contributed by atoms with Crippen LogP contribution in [0, 0.1) is 5.82 Å². The van der Waals surface area contributed by atoms with E-state index in [0.29, 0.717) is 11.0 Å². The van der Waals surface area contributed by atoms with E-state index in [2.05, 4.69) is 15.3 Å². The number of likely N-dealkylation sites (N-methyl/N-ethyl adjacent to an activating group) is 1. The van der Waals surface area contributed by atoms with Gasteiger partial charge in [-0.2, -0.15) is 0 Å². The topological polar surface area (TPSA) is 78.1 Å². The summed E-state index contributed by atoms with van der Waals surface area (Å²) in [6, 6.07) is 10.1. The number of benzene rings is 2. The molecule has 0 aliphatic carbocycles. The molecule has 0 spiro atoms. The van der Waals surface area contributed by atoms with E-state index in [1.165, 1.54) is 35.2 Å². The lowest BCUT2D eigenvalue weighted by Crippen LogP contribution is -2.40. The predicted molar refractivity (Wildman–Crippen MR) is 101 cm³/mol. The summed E-state index contributed by atoms with van der Waals surface area (Å²) in [5.41, 5.74) is 1.64. The highest BCUT2D eigenvalue weighted by Crippen LogP contribution is 2.21. The Morgan fingerprint density at radius 3 is 2.55 bits per heavy atom. The third kappa shape index (κ3) is 4.92. The van der Waals surface area contributed by atoms with E-state index in [1.807, 2.05) is 0 Å². The Kier molecular flexibility index (Phi) is 6.16. The number of hydrogen-bond donors (Lipinski definition) is 2. The maximum atomic E-state index is 12.9. The first-order valence-corrected chi connectivity index (χ1v) is 8.95. The van der Waals surface area contributed by atoms with Gasteiger partial charge in [-0.15, -0.1) is 0 Å². The van der Waals surface area contributed by atoms with Crippen molar-refractivity contribution in [1.29, 1.82) is 0 Å². The largest absolute Gasteiger partial charge is 0.350 e. The van der Waals surface area contributed by atoms with Crippen molar-refractivity contribution in [2.75, 3.05) is 13.1 Å². The second kappa shape index (κ2) is 8.76. The number of nitrogens with one attached hydrogen (secondary N) is 2. The summed E-state index contributed by atoms with van der Waals surface area (Å²) in [6.45, 7) is 2.06. The Morgan fingerprint density at radius 1 is 1.17 bits per heavy atom. The van der Waals surface area contributed by atoms with Gasteiger partial charge in [0, 0.05) is 18.7 Å². The Labute approximate surface area is 164 Å². The van der Waals surface area contributed by atoms with Gasteiger partial charge in [0.2, 0.25) is 5.91 Å².